The number of hydrogen-bond donors (Lipinski definition) is 2. The van der Waals surface area contributed by atoms with Crippen molar-refractivity contribution in [2.45, 2.75) is 32.9 Å². The van der Waals surface area contributed by atoms with Gasteiger partial charge in [-0.2, -0.15) is 5.10 Å². The number of rotatable bonds is 10. The summed E-state index contributed by atoms with van der Waals surface area (Å²) >= 11 is 18.3. The Hall–Kier alpha value is -3.06. The first-order chi connectivity index (χ1) is 17.2. The van der Waals surface area contributed by atoms with Crippen molar-refractivity contribution in [3.05, 3.63) is 98.5 Å². The summed E-state index contributed by atoms with van der Waals surface area (Å²) in [7, 11) is 0. The zero-order valence-corrected chi connectivity index (χ0v) is 22.1. The SMILES string of the molecule is CC(C)CC(NC(=O)c1ccc(Cl)cc1)C(=O)N/N=C/c1cc(Cl)ccc1OCc1ccccc1Cl. The first-order valence-corrected chi connectivity index (χ1v) is 12.4. The molecule has 3 aromatic carbocycles. The van der Waals surface area contributed by atoms with Crippen molar-refractivity contribution in [2.75, 3.05) is 0 Å². The van der Waals surface area contributed by atoms with Crippen LogP contribution in [0.4, 0.5) is 0 Å². The minimum absolute atomic E-state index is 0.160. The molecule has 0 radical (unpaired) electrons. The highest BCUT2D eigenvalue weighted by atomic mass is 35.5. The Morgan fingerprint density at radius 1 is 0.972 bits per heavy atom. The summed E-state index contributed by atoms with van der Waals surface area (Å²) in [5, 5.41) is 8.46. The normalized spacial score (nSPS) is 11.9. The molecule has 2 N–H and O–H groups in total. The van der Waals surface area contributed by atoms with E-state index in [1.165, 1.54) is 6.21 Å². The number of amides is 2. The van der Waals surface area contributed by atoms with Crippen LogP contribution >= 0.6 is 34.8 Å². The van der Waals surface area contributed by atoms with Gasteiger partial charge in [0.05, 0.1) is 6.21 Å². The predicted octanol–water partition coefficient (Wildman–Crippen LogP) is 6.52. The van der Waals surface area contributed by atoms with E-state index in [1.807, 2.05) is 32.0 Å². The van der Waals surface area contributed by atoms with E-state index in [4.69, 9.17) is 39.5 Å². The molecule has 6 nitrogen and oxygen atoms in total. The molecule has 9 heteroatoms. The molecule has 0 aliphatic carbocycles. The first kappa shape index (κ1) is 27.5. The molecule has 0 aliphatic heterocycles. The summed E-state index contributed by atoms with van der Waals surface area (Å²) in [4.78, 5) is 25.5. The lowest BCUT2D eigenvalue weighted by Crippen LogP contribution is -2.46. The standard InChI is InChI=1S/C27H26Cl3N3O3/c1-17(2)13-24(32-26(34)18-7-9-21(28)10-8-18)27(35)33-31-15-20-14-22(29)11-12-25(20)36-16-19-5-3-4-6-23(19)30/h3-12,14-15,17,24H,13,16H2,1-2H3,(H,32,34)(H,33,35)/b31-15+. The monoisotopic (exact) mass is 545 g/mol. The van der Waals surface area contributed by atoms with Crippen LogP contribution in [0.25, 0.3) is 0 Å². The van der Waals surface area contributed by atoms with E-state index >= 15 is 0 Å². The molecule has 1 atom stereocenters. The summed E-state index contributed by atoms with van der Waals surface area (Å²) in [6.45, 7) is 4.18. The molecule has 2 amide bonds. The van der Waals surface area contributed by atoms with Crippen LogP contribution in [-0.4, -0.2) is 24.1 Å². The summed E-state index contributed by atoms with van der Waals surface area (Å²) in [5.74, 6) is -0.135. The van der Waals surface area contributed by atoms with Crippen LogP contribution < -0.4 is 15.5 Å². The average Bonchev–Trinajstić information content (AvgIpc) is 2.84. The number of carbonyl (C=O) groups excluding carboxylic acids is 2. The minimum Gasteiger partial charge on any atom is -0.488 e. The third-order valence-electron chi connectivity index (χ3n) is 5.13. The fourth-order valence-electron chi connectivity index (χ4n) is 3.31. The lowest BCUT2D eigenvalue weighted by molar-refractivity contribution is -0.123. The lowest BCUT2D eigenvalue weighted by atomic mass is 10.0. The molecule has 0 aromatic heterocycles. The van der Waals surface area contributed by atoms with Crippen molar-refractivity contribution in [1.29, 1.82) is 0 Å². The van der Waals surface area contributed by atoms with Crippen LogP contribution in [0.15, 0.2) is 71.8 Å². The number of halogens is 3. The van der Waals surface area contributed by atoms with Gasteiger partial charge in [-0.05, 0) is 60.9 Å². The molecular weight excluding hydrogens is 521 g/mol. The zero-order chi connectivity index (χ0) is 26.1. The minimum atomic E-state index is -0.777. The second-order valence-corrected chi connectivity index (χ2v) is 9.74. The summed E-state index contributed by atoms with van der Waals surface area (Å²) in [5.41, 5.74) is 4.31. The third kappa shape index (κ3) is 8.26. The quantitative estimate of drug-likeness (QED) is 0.224. The van der Waals surface area contributed by atoms with Crippen LogP contribution in [0.2, 0.25) is 15.1 Å². The van der Waals surface area contributed by atoms with Crippen LogP contribution in [0.1, 0.15) is 41.8 Å². The Kier molecular flexibility index (Phi) is 10.2. The van der Waals surface area contributed by atoms with Crippen LogP contribution in [0.5, 0.6) is 5.75 Å². The van der Waals surface area contributed by atoms with E-state index < -0.39 is 11.9 Å². The van der Waals surface area contributed by atoms with Crippen LogP contribution in [0.3, 0.4) is 0 Å². The van der Waals surface area contributed by atoms with Gasteiger partial charge in [-0.1, -0.05) is 66.8 Å². The Bertz CT molecular complexity index is 1230. The van der Waals surface area contributed by atoms with Crippen molar-refractivity contribution in [3.63, 3.8) is 0 Å². The van der Waals surface area contributed by atoms with Crippen molar-refractivity contribution in [2.24, 2.45) is 11.0 Å². The number of hydrogen-bond acceptors (Lipinski definition) is 4. The second kappa shape index (κ2) is 13.3. The van der Waals surface area contributed by atoms with Crippen molar-refractivity contribution < 1.29 is 14.3 Å². The molecule has 0 saturated carbocycles. The van der Waals surface area contributed by atoms with Crippen LogP contribution in [-0.2, 0) is 11.4 Å². The maximum absolute atomic E-state index is 12.9. The van der Waals surface area contributed by atoms with E-state index in [0.29, 0.717) is 38.4 Å². The van der Waals surface area contributed by atoms with Crippen molar-refractivity contribution in [3.8, 4) is 5.75 Å². The summed E-state index contributed by atoms with van der Waals surface area (Å²) in [6, 6.07) is 18.1. The predicted molar refractivity (Wildman–Crippen MR) is 145 cm³/mol. The van der Waals surface area contributed by atoms with Gasteiger partial charge < -0.3 is 10.1 Å². The first-order valence-electron chi connectivity index (χ1n) is 11.3. The number of carbonyl (C=O) groups is 2. The van der Waals surface area contributed by atoms with Gasteiger partial charge >= 0.3 is 0 Å². The number of nitrogens with zero attached hydrogens (tertiary/aromatic N) is 1. The number of nitrogens with one attached hydrogen (secondary N) is 2. The number of hydrazone groups is 1. The molecule has 0 saturated heterocycles. The molecule has 188 valence electrons. The summed E-state index contributed by atoms with van der Waals surface area (Å²) in [6.07, 6.45) is 1.88. The Labute approximate surface area is 225 Å². The fraction of sp³-hybridized carbons (Fsp3) is 0.222. The largest absolute Gasteiger partial charge is 0.488 e. The van der Waals surface area contributed by atoms with E-state index in [1.54, 1.807) is 48.5 Å². The van der Waals surface area contributed by atoms with Gasteiger partial charge in [0, 0.05) is 31.8 Å². The lowest BCUT2D eigenvalue weighted by Gasteiger charge is -2.19. The second-order valence-electron chi connectivity index (χ2n) is 8.46. The molecular formula is C27H26Cl3N3O3. The zero-order valence-electron chi connectivity index (χ0n) is 19.8. The molecule has 3 aromatic rings. The van der Waals surface area contributed by atoms with Gasteiger partial charge in [0.1, 0.15) is 18.4 Å². The molecule has 0 spiro atoms. The van der Waals surface area contributed by atoms with Gasteiger partial charge in [0.2, 0.25) is 0 Å². The molecule has 0 bridgehead atoms. The molecule has 3 rings (SSSR count). The van der Waals surface area contributed by atoms with Gasteiger partial charge in [0.15, 0.2) is 0 Å². The van der Waals surface area contributed by atoms with Gasteiger partial charge in [-0.25, -0.2) is 5.43 Å². The third-order valence-corrected chi connectivity index (χ3v) is 5.98. The molecule has 1 unspecified atom stereocenters. The Balaban J connectivity index is 1.68. The molecule has 0 heterocycles. The highest BCUT2D eigenvalue weighted by Crippen LogP contribution is 2.24. The van der Waals surface area contributed by atoms with Gasteiger partial charge in [-0.3, -0.25) is 9.59 Å². The topological polar surface area (TPSA) is 79.8 Å². The smallest absolute Gasteiger partial charge is 0.262 e. The molecule has 0 fully saturated rings. The molecule has 36 heavy (non-hydrogen) atoms. The van der Waals surface area contributed by atoms with E-state index in [0.717, 1.165) is 5.56 Å². The van der Waals surface area contributed by atoms with E-state index in [-0.39, 0.29) is 18.4 Å². The summed E-state index contributed by atoms with van der Waals surface area (Å²) < 4.78 is 5.91. The Morgan fingerprint density at radius 2 is 1.67 bits per heavy atom. The van der Waals surface area contributed by atoms with Crippen molar-refractivity contribution in [1.82, 2.24) is 10.7 Å². The fourth-order valence-corrected chi connectivity index (χ4v) is 3.81. The van der Waals surface area contributed by atoms with E-state index in [2.05, 4.69) is 15.8 Å². The highest BCUT2D eigenvalue weighted by molar-refractivity contribution is 6.31. The Morgan fingerprint density at radius 3 is 2.36 bits per heavy atom. The van der Waals surface area contributed by atoms with Crippen molar-refractivity contribution >= 4 is 52.8 Å². The number of ether oxygens (including phenoxy) is 1. The molecule has 0 aliphatic rings. The van der Waals surface area contributed by atoms with Gasteiger partial charge in [-0.15, -0.1) is 0 Å². The van der Waals surface area contributed by atoms with Gasteiger partial charge in [0.25, 0.3) is 11.8 Å². The maximum Gasteiger partial charge on any atom is 0.262 e. The highest BCUT2D eigenvalue weighted by Gasteiger charge is 2.22. The average molecular weight is 547 g/mol. The van der Waals surface area contributed by atoms with E-state index in [9.17, 15) is 9.59 Å². The number of benzene rings is 3. The van der Waals surface area contributed by atoms with Crippen LogP contribution in [0, 0.1) is 5.92 Å². The maximum atomic E-state index is 12.9.